The van der Waals surface area contributed by atoms with Crippen molar-refractivity contribution in [2.75, 3.05) is 46.6 Å². The third-order valence-corrected chi connectivity index (χ3v) is 9.28. The van der Waals surface area contributed by atoms with Crippen LogP contribution < -0.4 is 10.0 Å². The molecule has 45 heavy (non-hydrogen) atoms. The summed E-state index contributed by atoms with van der Waals surface area (Å²) in [5.41, 5.74) is 1.45. The van der Waals surface area contributed by atoms with Crippen molar-refractivity contribution in [2.45, 2.75) is 82.4 Å². The van der Waals surface area contributed by atoms with Gasteiger partial charge in [-0.1, -0.05) is 30.2 Å². The number of aliphatic hydroxyl groups is 4. The maximum atomic E-state index is 13.0. The standard InChI is InChI=1S/C32H49NO12/c1-3-42-28-27(37)26(36)25(17-35)44-32(28)45-31-23(14-19-7-5-4-6-8-19)22(24(18-43-31)30(40)41-2)10-9-20-13-21(29(38)39)16-33(15-20)11-12-34/h9-10,14,18,20-23,25-28,31-32,34-37H,3-8,11-13,15-17H2,1-2H3,(H,38,39)/t20?,21?,22-,23+,25+,26+,27-,28-,31+,32-/m0/s1. The van der Waals surface area contributed by atoms with Crippen LogP contribution in [0.3, 0.4) is 0 Å². The van der Waals surface area contributed by atoms with E-state index < -0.39 is 73.3 Å². The van der Waals surface area contributed by atoms with Crippen LogP contribution in [0.2, 0.25) is 0 Å². The third kappa shape index (κ3) is 8.92. The number of allylic oxidation sites excluding steroid dienone is 2. The highest BCUT2D eigenvalue weighted by Crippen LogP contribution is 2.39. The molecule has 0 bridgehead atoms. The molecule has 3 unspecified atom stereocenters. The topological polar surface area (TPSA) is 189 Å². The minimum Gasteiger partial charge on any atom is -0.550 e. The number of carboxylic acids is 1. The minimum atomic E-state index is -1.40. The summed E-state index contributed by atoms with van der Waals surface area (Å²) < 4.78 is 29.0. The first kappa shape index (κ1) is 35.5. The molecule has 0 radical (unpaired) electrons. The average Bonchev–Trinajstić information content (AvgIpc) is 3.04. The molecule has 3 aliphatic heterocycles. The Morgan fingerprint density at radius 2 is 1.84 bits per heavy atom. The molecule has 0 spiro atoms. The maximum absolute atomic E-state index is 13.0. The zero-order valence-corrected chi connectivity index (χ0v) is 26.1. The van der Waals surface area contributed by atoms with Gasteiger partial charge in [0.15, 0.2) is 6.29 Å². The Kier molecular flexibility index (Phi) is 13.4. The van der Waals surface area contributed by atoms with E-state index in [-0.39, 0.29) is 24.7 Å². The van der Waals surface area contributed by atoms with Crippen molar-refractivity contribution in [3.63, 3.8) is 0 Å². The number of rotatable bonds is 12. The number of carboxylic acid groups (broad SMARTS) is 1. The Morgan fingerprint density at radius 1 is 1.09 bits per heavy atom. The van der Waals surface area contributed by atoms with E-state index in [4.69, 9.17) is 23.7 Å². The maximum Gasteiger partial charge on any atom is 0.337 e. The summed E-state index contributed by atoms with van der Waals surface area (Å²) in [5, 5.41) is 52.3. The molecule has 1 aliphatic carbocycles. The molecular weight excluding hydrogens is 590 g/mol. The van der Waals surface area contributed by atoms with Crippen molar-refractivity contribution in [1.82, 2.24) is 0 Å². The van der Waals surface area contributed by atoms with Gasteiger partial charge in [0.05, 0.1) is 57.1 Å². The van der Waals surface area contributed by atoms with Crippen LogP contribution in [-0.4, -0.2) is 116 Å². The minimum absolute atomic E-state index is 0.0652. The predicted molar refractivity (Wildman–Crippen MR) is 156 cm³/mol. The van der Waals surface area contributed by atoms with Gasteiger partial charge in [0.25, 0.3) is 0 Å². The first-order valence-electron chi connectivity index (χ1n) is 16.1. The number of hydrogen-bond acceptors (Lipinski definition) is 12. The van der Waals surface area contributed by atoms with E-state index in [0.717, 1.165) is 37.0 Å². The Morgan fingerprint density at radius 3 is 2.49 bits per heavy atom. The second-order valence-corrected chi connectivity index (χ2v) is 12.3. The zero-order valence-electron chi connectivity index (χ0n) is 26.1. The lowest BCUT2D eigenvalue weighted by atomic mass is 9.79. The Hall–Kier alpha value is -2.36. The highest BCUT2D eigenvalue weighted by Gasteiger charge is 2.48. The van der Waals surface area contributed by atoms with Gasteiger partial charge in [0, 0.05) is 24.4 Å². The van der Waals surface area contributed by atoms with Crippen LogP contribution in [0, 0.1) is 23.7 Å². The zero-order chi connectivity index (χ0) is 32.5. The summed E-state index contributed by atoms with van der Waals surface area (Å²) in [6, 6.07) is 0. The van der Waals surface area contributed by atoms with Crippen LogP contribution in [0.4, 0.5) is 0 Å². The van der Waals surface area contributed by atoms with Crippen LogP contribution in [0.5, 0.6) is 0 Å². The molecule has 11 atom stereocenters. The number of likely N-dealkylation sites (tertiary alicyclic amines) is 1. The quantitative estimate of drug-likeness (QED) is 0.119. The molecule has 0 aromatic rings. The van der Waals surface area contributed by atoms with Gasteiger partial charge in [-0.2, -0.15) is 0 Å². The molecule has 3 heterocycles. The smallest absolute Gasteiger partial charge is 0.337 e. The summed E-state index contributed by atoms with van der Waals surface area (Å²) in [5.74, 6) is -3.68. The molecule has 254 valence electrons. The number of aliphatic carboxylic acids is 1. The predicted octanol–water partition coefficient (Wildman–Crippen LogP) is -1.80. The summed E-state index contributed by atoms with van der Waals surface area (Å²) in [4.78, 5) is 25.8. The lowest BCUT2D eigenvalue weighted by Crippen LogP contribution is -3.15. The fourth-order valence-electron chi connectivity index (χ4n) is 6.94. The van der Waals surface area contributed by atoms with Gasteiger partial charge in [0.2, 0.25) is 6.29 Å². The van der Waals surface area contributed by atoms with Crippen LogP contribution in [-0.2, 0) is 33.3 Å². The third-order valence-electron chi connectivity index (χ3n) is 9.28. The van der Waals surface area contributed by atoms with Gasteiger partial charge in [0.1, 0.15) is 31.0 Å². The summed E-state index contributed by atoms with van der Waals surface area (Å²) >= 11 is 0. The normalized spacial score (nSPS) is 37.5. The lowest BCUT2D eigenvalue weighted by Gasteiger charge is -2.44. The molecule has 4 aliphatic rings. The number of esters is 1. The van der Waals surface area contributed by atoms with Crippen LogP contribution in [0.25, 0.3) is 0 Å². The molecule has 0 aromatic carbocycles. The fraction of sp³-hybridized carbons (Fsp3) is 0.750. The van der Waals surface area contributed by atoms with Crippen LogP contribution >= 0.6 is 0 Å². The molecule has 13 heteroatoms. The van der Waals surface area contributed by atoms with E-state index in [0.29, 0.717) is 26.1 Å². The Bertz CT molecular complexity index is 1070. The molecule has 0 aromatic heterocycles. The number of hydrogen-bond donors (Lipinski definition) is 5. The molecule has 5 N–H and O–H groups in total. The highest BCUT2D eigenvalue weighted by atomic mass is 16.8. The fourth-order valence-corrected chi connectivity index (χ4v) is 6.94. The average molecular weight is 640 g/mol. The van der Waals surface area contributed by atoms with Gasteiger partial charge < -0.3 is 58.9 Å². The van der Waals surface area contributed by atoms with Crippen molar-refractivity contribution in [2.24, 2.45) is 23.7 Å². The second kappa shape index (κ2) is 17.0. The largest absolute Gasteiger partial charge is 0.550 e. The van der Waals surface area contributed by atoms with Gasteiger partial charge in [-0.25, -0.2) is 4.79 Å². The van der Waals surface area contributed by atoms with Crippen molar-refractivity contribution in [1.29, 1.82) is 0 Å². The van der Waals surface area contributed by atoms with Crippen molar-refractivity contribution in [3.05, 3.63) is 35.6 Å². The van der Waals surface area contributed by atoms with E-state index in [9.17, 15) is 35.1 Å². The lowest BCUT2D eigenvalue weighted by molar-refractivity contribution is -0.911. The molecule has 0 amide bonds. The number of aliphatic hydroxyl groups excluding tert-OH is 4. The number of ether oxygens (including phenoxy) is 5. The van der Waals surface area contributed by atoms with E-state index in [2.05, 4.69) is 6.08 Å². The van der Waals surface area contributed by atoms with E-state index in [1.54, 1.807) is 6.92 Å². The number of methoxy groups -OCH3 is 1. The number of quaternary nitrogens is 1. The van der Waals surface area contributed by atoms with E-state index in [1.807, 2.05) is 12.2 Å². The van der Waals surface area contributed by atoms with Crippen LogP contribution in [0.1, 0.15) is 45.4 Å². The summed E-state index contributed by atoms with van der Waals surface area (Å²) in [7, 11) is 1.28. The number of carbonyl (C=O) groups excluding carboxylic acids is 2. The SMILES string of the molecule is CCO[C@@H]1[C@H](O[C@H]2OC=C(C(=O)OC)[C@@H](C=CC3CC(C(=O)[O-])C[NH+](CCO)C3)[C@H]2C=C2CCCCC2)O[C@H](CO)[C@@H](O)[C@@H]1O. The van der Waals surface area contributed by atoms with Crippen molar-refractivity contribution >= 4 is 11.9 Å². The monoisotopic (exact) mass is 639 g/mol. The highest BCUT2D eigenvalue weighted by molar-refractivity contribution is 5.89. The molecule has 1 saturated carbocycles. The second-order valence-electron chi connectivity index (χ2n) is 12.3. The van der Waals surface area contributed by atoms with Crippen molar-refractivity contribution < 1.29 is 63.7 Å². The molecule has 2 saturated heterocycles. The Labute approximate surface area is 264 Å². The van der Waals surface area contributed by atoms with Gasteiger partial charge in [-0.3, -0.25) is 0 Å². The Balaban J connectivity index is 1.69. The number of nitrogens with one attached hydrogen (secondary N) is 1. The molecular formula is C32H49NO12. The molecule has 3 fully saturated rings. The summed E-state index contributed by atoms with van der Waals surface area (Å²) in [6.07, 6.45) is 5.24. The van der Waals surface area contributed by atoms with Gasteiger partial charge >= 0.3 is 5.97 Å². The first-order chi connectivity index (χ1) is 21.7. The van der Waals surface area contributed by atoms with E-state index >= 15 is 0 Å². The number of carbonyl (C=O) groups is 2. The van der Waals surface area contributed by atoms with Crippen LogP contribution in [0.15, 0.2) is 35.6 Å². The number of piperidine rings is 1. The molecule has 13 nitrogen and oxygen atoms in total. The van der Waals surface area contributed by atoms with Crippen molar-refractivity contribution in [3.8, 4) is 0 Å². The first-order valence-corrected chi connectivity index (χ1v) is 16.1. The van der Waals surface area contributed by atoms with Gasteiger partial charge in [-0.15, -0.1) is 0 Å². The summed E-state index contributed by atoms with van der Waals surface area (Å²) in [6.45, 7) is 2.71. The molecule has 4 rings (SSSR count). The van der Waals surface area contributed by atoms with E-state index in [1.165, 1.54) is 18.9 Å². The van der Waals surface area contributed by atoms with Gasteiger partial charge in [-0.05, 0) is 39.0 Å².